The lowest BCUT2D eigenvalue weighted by molar-refractivity contribution is 0.414. The number of guanidine groups is 2. The van der Waals surface area contributed by atoms with E-state index in [0.29, 0.717) is 6.54 Å². The number of thioether (sulfide) groups is 1. The second-order valence-corrected chi connectivity index (χ2v) is 4.78. The van der Waals surface area contributed by atoms with Gasteiger partial charge in [-0.3, -0.25) is 4.99 Å². The lowest BCUT2D eigenvalue weighted by atomic mass is 10.2. The molecule has 104 valence electrons. The molecule has 0 bridgehead atoms. The molecule has 0 aliphatic heterocycles. The quantitative estimate of drug-likeness (QED) is 0.400. The zero-order valence-electron chi connectivity index (χ0n) is 10.9. The Morgan fingerprint density at radius 3 is 2.47 bits per heavy atom. The molecule has 0 atom stereocenters. The van der Waals surface area contributed by atoms with E-state index in [1.54, 1.807) is 18.9 Å². The molecular formula is C12H19N5OS. The maximum atomic E-state index is 5.48. The van der Waals surface area contributed by atoms with Gasteiger partial charge in [0.15, 0.2) is 5.96 Å². The summed E-state index contributed by atoms with van der Waals surface area (Å²) in [6.07, 6.45) is 0. The molecule has 0 amide bonds. The van der Waals surface area contributed by atoms with Crippen LogP contribution in [0.15, 0.2) is 34.3 Å². The number of benzene rings is 1. The van der Waals surface area contributed by atoms with Gasteiger partial charge in [0, 0.05) is 11.5 Å². The van der Waals surface area contributed by atoms with E-state index in [-0.39, 0.29) is 11.9 Å². The van der Waals surface area contributed by atoms with E-state index >= 15 is 0 Å². The van der Waals surface area contributed by atoms with E-state index < -0.39 is 0 Å². The predicted molar refractivity (Wildman–Crippen MR) is 81.5 cm³/mol. The Hall–Kier alpha value is -1.89. The van der Waals surface area contributed by atoms with Crippen molar-refractivity contribution < 1.29 is 4.74 Å². The number of nitrogens with zero attached hydrogens (tertiary/aromatic N) is 2. The molecule has 19 heavy (non-hydrogen) atoms. The molecule has 0 saturated carbocycles. The zero-order chi connectivity index (χ0) is 14.1. The highest BCUT2D eigenvalue weighted by atomic mass is 32.2. The first-order valence-corrected chi connectivity index (χ1v) is 6.87. The highest BCUT2D eigenvalue weighted by Gasteiger charge is 1.95. The summed E-state index contributed by atoms with van der Waals surface area (Å²) in [6, 6.07) is 7.99. The Kier molecular flexibility index (Phi) is 6.59. The summed E-state index contributed by atoms with van der Waals surface area (Å²) in [6.45, 7) is 0.587. The second kappa shape index (κ2) is 8.25. The maximum Gasteiger partial charge on any atom is 0.218 e. The molecule has 7 heteroatoms. The minimum Gasteiger partial charge on any atom is -0.497 e. The number of hydrogen-bond donors (Lipinski definition) is 3. The van der Waals surface area contributed by atoms with Gasteiger partial charge in [-0.25, -0.2) is 0 Å². The topological polar surface area (TPSA) is 112 Å². The molecule has 0 unspecified atom stereocenters. The van der Waals surface area contributed by atoms with Crippen LogP contribution in [-0.2, 0) is 5.75 Å². The molecule has 6 N–H and O–H groups in total. The number of aliphatic imine (C=N–C) groups is 2. The van der Waals surface area contributed by atoms with Gasteiger partial charge >= 0.3 is 0 Å². The number of rotatable bonds is 6. The number of nitrogens with two attached hydrogens (primary N) is 3. The van der Waals surface area contributed by atoms with E-state index in [1.165, 1.54) is 5.56 Å². The van der Waals surface area contributed by atoms with Crippen molar-refractivity contribution in [3.8, 4) is 5.75 Å². The van der Waals surface area contributed by atoms with Crippen LogP contribution in [0.5, 0.6) is 5.75 Å². The minimum absolute atomic E-state index is 0.0767. The van der Waals surface area contributed by atoms with Crippen molar-refractivity contribution >= 4 is 23.7 Å². The maximum absolute atomic E-state index is 5.48. The molecule has 0 radical (unpaired) electrons. The Bertz CT molecular complexity index is 440. The molecule has 1 rings (SSSR count). The highest BCUT2D eigenvalue weighted by Crippen LogP contribution is 2.16. The molecule has 0 spiro atoms. The Labute approximate surface area is 117 Å². The first kappa shape index (κ1) is 15.2. The van der Waals surface area contributed by atoms with Crippen LogP contribution in [0.1, 0.15) is 5.56 Å². The van der Waals surface area contributed by atoms with Crippen LogP contribution in [0.25, 0.3) is 0 Å². The standard InChI is InChI=1S/C12H19N5OS/c1-18-10-4-2-9(3-5-10)8-19-7-6-16-12(15)17-11(13)14/h2-5H,6-8H2,1H3,(H6,13,14,15,16,17). The second-order valence-electron chi connectivity index (χ2n) is 3.68. The van der Waals surface area contributed by atoms with E-state index in [0.717, 1.165) is 17.3 Å². The molecular weight excluding hydrogens is 262 g/mol. The first-order valence-electron chi connectivity index (χ1n) is 5.72. The van der Waals surface area contributed by atoms with Gasteiger partial charge in [-0.1, -0.05) is 12.1 Å². The van der Waals surface area contributed by atoms with Crippen LogP contribution in [-0.4, -0.2) is 31.3 Å². The van der Waals surface area contributed by atoms with E-state index in [2.05, 4.69) is 9.98 Å². The lowest BCUT2D eigenvalue weighted by Gasteiger charge is -2.03. The smallest absolute Gasteiger partial charge is 0.218 e. The lowest BCUT2D eigenvalue weighted by Crippen LogP contribution is -2.26. The number of hydrogen-bond acceptors (Lipinski definition) is 3. The SMILES string of the molecule is COc1ccc(CSCCN=C(N)N=C(N)N)cc1. The fourth-order valence-corrected chi connectivity index (χ4v) is 2.10. The van der Waals surface area contributed by atoms with Crippen molar-refractivity contribution in [3.05, 3.63) is 29.8 Å². The van der Waals surface area contributed by atoms with E-state index in [9.17, 15) is 0 Å². The van der Waals surface area contributed by atoms with Crippen molar-refractivity contribution in [3.63, 3.8) is 0 Å². The van der Waals surface area contributed by atoms with Crippen molar-refractivity contribution in [2.75, 3.05) is 19.4 Å². The summed E-state index contributed by atoms with van der Waals surface area (Å²) >= 11 is 1.77. The third-order valence-corrected chi connectivity index (χ3v) is 3.19. The van der Waals surface area contributed by atoms with E-state index in [1.807, 2.05) is 24.3 Å². The fourth-order valence-electron chi connectivity index (χ4n) is 1.30. The molecule has 0 aliphatic rings. The highest BCUT2D eigenvalue weighted by molar-refractivity contribution is 7.98. The van der Waals surface area contributed by atoms with Gasteiger partial charge in [0.2, 0.25) is 5.96 Å². The monoisotopic (exact) mass is 281 g/mol. The van der Waals surface area contributed by atoms with Gasteiger partial charge in [0.1, 0.15) is 5.75 Å². The fraction of sp³-hybridized carbons (Fsp3) is 0.333. The normalized spacial score (nSPS) is 11.1. The van der Waals surface area contributed by atoms with Gasteiger partial charge < -0.3 is 21.9 Å². The summed E-state index contributed by atoms with van der Waals surface area (Å²) in [7, 11) is 1.66. The molecule has 1 aromatic carbocycles. The van der Waals surface area contributed by atoms with Crippen LogP contribution in [0.3, 0.4) is 0 Å². The summed E-state index contributed by atoms with van der Waals surface area (Å²) in [5, 5.41) is 0. The summed E-state index contributed by atoms with van der Waals surface area (Å²) in [4.78, 5) is 7.66. The molecule has 1 aromatic rings. The average molecular weight is 281 g/mol. The molecule has 0 fully saturated rings. The molecule has 0 aromatic heterocycles. The Balaban J connectivity index is 2.25. The average Bonchev–Trinajstić information content (AvgIpc) is 2.38. The Morgan fingerprint density at radius 1 is 1.21 bits per heavy atom. The Morgan fingerprint density at radius 2 is 1.89 bits per heavy atom. The van der Waals surface area contributed by atoms with Crippen molar-refractivity contribution in [1.29, 1.82) is 0 Å². The van der Waals surface area contributed by atoms with Crippen LogP contribution in [0.4, 0.5) is 0 Å². The van der Waals surface area contributed by atoms with Crippen LogP contribution < -0.4 is 21.9 Å². The van der Waals surface area contributed by atoms with Crippen molar-refractivity contribution in [2.24, 2.45) is 27.2 Å². The van der Waals surface area contributed by atoms with Crippen LogP contribution in [0.2, 0.25) is 0 Å². The van der Waals surface area contributed by atoms with Gasteiger partial charge in [-0.2, -0.15) is 16.8 Å². The molecule has 0 heterocycles. The molecule has 0 aliphatic carbocycles. The predicted octanol–water partition coefficient (Wildman–Crippen LogP) is 0.517. The summed E-state index contributed by atoms with van der Waals surface area (Å²) in [5.41, 5.74) is 17.1. The molecule has 0 saturated heterocycles. The third kappa shape index (κ3) is 6.56. The van der Waals surface area contributed by atoms with Gasteiger partial charge in [-0.05, 0) is 17.7 Å². The van der Waals surface area contributed by atoms with Gasteiger partial charge in [0.25, 0.3) is 0 Å². The largest absolute Gasteiger partial charge is 0.497 e. The zero-order valence-corrected chi connectivity index (χ0v) is 11.7. The van der Waals surface area contributed by atoms with Crippen LogP contribution >= 0.6 is 11.8 Å². The molecule has 6 nitrogen and oxygen atoms in total. The summed E-state index contributed by atoms with van der Waals surface area (Å²) in [5.74, 6) is 2.68. The number of methoxy groups -OCH3 is 1. The van der Waals surface area contributed by atoms with Crippen LogP contribution in [0, 0.1) is 0 Å². The summed E-state index contributed by atoms with van der Waals surface area (Å²) < 4.78 is 5.10. The van der Waals surface area contributed by atoms with Gasteiger partial charge in [0.05, 0.1) is 13.7 Å². The van der Waals surface area contributed by atoms with Crippen molar-refractivity contribution in [1.82, 2.24) is 0 Å². The van der Waals surface area contributed by atoms with Crippen molar-refractivity contribution in [2.45, 2.75) is 5.75 Å². The third-order valence-electron chi connectivity index (χ3n) is 2.18. The van der Waals surface area contributed by atoms with E-state index in [4.69, 9.17) is 21.9 Å². The first-order chi connectivity index (χ1) is 9.11. The number of ether oxygens (including phenoxy) is 1. The minimum atomic E-state index is -0.0767. The van der Waals surface area contributed by atoms with Gasteiger partial charge in [-0.15, -0.1) is 0 Å².